The molecule has 2 aromatic rings. The summed E-state index contributed by atoms with van der Waals surface area (Å²) < 4.78 is 0. The second-order valence-corrected chi connectivity index (χ2v) is 9.31. The smallest absolute Gasteiger partial charge is 0.306 e. The van der Waals surface area contributed by atoms with Crippen molar-refractivity contribution in [2.75, 3.05) is 31.1 Å². The minimum absolute atomic E-state index is 0.0139. The van der Waals surface area contributed by atoms with Gasteiger partial charge in [0.25, 0.3) is 5.91 Å². The van der Waals surface area contributed by atoms with E-state index < -0.39 is 5.97 Å². The number of nitrogens with zero attached hydrogens (tertiary/aromatic N) is 4. The molecule has 11 heteroatoms. The van der Waals surface area contributed by atoms with E-state index in [1.54, 1.807) is 42.2 Å². The number of aliphatic carboxylic acids is 1. The van der Waals surface area contributed by atoms with E-state index in [1.165, 1.54) is 0 Å². The van der Waals surface area contributed by atoms with E-state index in [4.69, 9.17) is 11.1 Å². The van der Waals surface area contributed by atoms with E-state index in [1.807, 2.05) is 4.90 Å². The van der Waals surface area contributed by atoms with Gasteiger partial charge in [-0.3, -0.25) is 19.8 Å². The molecule has 0 radical (unpaired) electrons. The molecule has 11 nitrogen and oxygen atoms in total. The lowest BCUT2D eigenvalue weighted by Gasteiger charge is -2.35. The number of benzene rings is 1. The Kier molecular flexibility index (Phi) is 7.47. The molecule has 1 saturated carbocycles. The molecule has 36 heavy (non-hydrogen) atoms. The Bertz CT molecular complexity index is 1150. The minimum atomic E-state index is -0.787. The summed E-state index contributed by atoms with van der Waals surface area (Å²) in [7, 11) is 0. The highest BCUT2D eigenvalue weighted by atomic mass is 16.4. The van der Waals surface area contributed by atoms with Crippen molar-refractivity contribution in [2.45, 2.75) is 38.6 Å². The molecule has 0 atom stereocenters. The predicted octanol–water partition coefficient (Wildman–Crippen LogP) is 1.47. The first-order valence-corrected chi connectivity index (χ1v) is 12.1. The topological polar surface area (TPSA) is 166 Å². The first-order valence-electron chi connectivity index (χ1n) is 12.1. The summed E-state index contributed by atoms with van der Waals surface area (Å²) in [6.45, 7) is 3.67. The van der Waals surface area contributed by atoms with Crippen LogP contribution in [0.1, 0.15) is 48.5 Å². The summed E-state index contributed by atoms with van der Waals surface area (Å²) in [6, 6.07) is 8.59. The van der Waals surface area contributed by atoms with Gasteiger partial charge in [0.1, 0.15) is 5.84 Å². The van der Waals surface area contributed by atoms with Crippen molar-refractivity contribution in [3.63, 3.8) is 0 Å². The highest BCUT2D eigenvalue weighted by Gasteiger charge is 2.29. The van der Waals surface area contributed by atoms with Crippen LogP contribution in [0.3, 0.4) is 0 Å². The number of amidine groups is 1. The fourth-order valence-corrected chi connectivity index (χ4v) is 4.73. The summed E-state index contributed by atoms with van der Waals surface area (Å²) in [5.41, 5.74) is 7.76. The van der Waals surface area contributed by atoms with E-state index in [9.17, 15) is 19.5 Å². The van der Waals surface area contributed by atoms with Crippen LogP contribution in [0.5, 0.6) is 0 Å². The Morgan fingerprint density at radius 1 is 1.03 bits per heavy atom. The molecule has 1 aromatic heterocycles. The second-order valence-electron chi connectivity index (χ2n) is 9.31. The summed E-state index contributed by atoms with van der Waals surface area (Å²) in [4.78, 5) is 40.2. The molecule has 2 aliphatic rings. The molecule has 4 rings (SSSR count). The van der Waals surface area contributed by atoms with Gasteiger partial charge in [-0.05, 0) is 31.7 Å². The molecule has 0 spiro atoms. The van der Waals surface area contributed by atoms with Gasteiger partial charge < -0.3 is 26.0 Å². The maximum atomic E-state index is 13.5. The van der Waals surface area contributed by atoms with E-state index in [0.29, 0.717) is 74.5 Å². The van der Waals surface area contributed by atoms with Gasteiger partial charge in [-0.15, -0.1) is 10.2 Å². The fraction of sp³-hybridized carbons (Fsp3) is 0.440. The van der Waals surface area contributed by atoms with Crippen LogP contribution in [0.4, 0.5) is 5.82 Å². The third-order valence-electron chi connectivity index (χ3n) is 6.95. The standard InChI is InChI=1S/C25H31N7O4/c1-15(33)31-10-12-32(13-11-31)23-20(24(34)28-19-8-6-18(7-9-19)25(35)36)14-21(29-30-23)16-2-4-17(5-3-16)22(26)27/h2-5,14,18-19H,6-13H2,1H3,(H3,26,27)(H,28,34)(H,35,36)/t18-,19-. The van der Waals surface area contributed by atoms with Crippen molar-refractivity contribution in [3.05, 3.63) is 41.5 Å². The lowest BCUT2D eigenvalue weighted by Crippen LogP contribution is -2.49. The van der Waals surface area contributed by atoms with E-state index in [-0.39, 0.29) is 29.6 Å². The number of nitrogens with two attached hydrogens (primary N) is 1. The first kappa shape index (κ1) is 25.1. The quantitative estimate of drug-likeness (QED) is 0.347. The zero-order chi connectivity index (χ0) is 25.8. The zero-order valence-corrected chi connectivity index (χ0v) is 20.2. The van der Waals surface area contributed by atoms with Gasteiger partial charge in [-0.25, -0.2) is 0 Å². The molecule has 0 bridgehead atoms. The fourth-order valence-electron chi connectivity index (χ4n) is 4.73. The van der Waals surface area contributed by atoms with Crippen molar-refractivity contribution in [3.8, 4) is 11.3 Å². The summed E-state index contributed by atoms with van der Waals surface area (Å²) in [6.07, 6.45) is 2.27. The Morgan fingerprint density at radius 3 is 2.22 bits per heavy atom. The van der Waals surface area contributed by atoms with E-state index in [2.05, 4.69) is 15.5 Å². The Morgan fingerprint density at radius 2 is 1.67 bits per heavy atom. The molecule has 2 amide bonds. The molecule has 2 heterocycles. The van der Waals surface area contributed by atoms with Gasteiger partial charge in [0.2, 0.25) is 5.91 Å². The zero-order valence-electron chi connectivity index (χ0n) is 20.2. The Balaban J connectivity index is 1.59. The number of rotatable bonds is 6. The van der Waals surface area contributed by atoms with Crippen molar-refractivity contribution in [1.29, 1.82) is 5.41 Å². The van der Waals surface area contributed by atoms with Crippen LogP contribution in [0, 0.1) is 11.3 Å². The second kappa shape index (κ2) is 10.7. The normalized spacial score (nSPS) is 20.0. The SMILES string of the molecule is CC(=O)N1CCN(c2nnc(-c3ccc(C(=N)N)cc3)cc2C(=O)N[C@H]2CC[C@H](C(=O)O)CC2)CC1. The molecule has 1 saturated heterocycles. The van der Waals surface area contributed by atoms with Gasteiger partial charge in [0.05, 0.1) is 17.2 Å². The van der Waals surface area contributed by atoms with Crippen LogP contribution in [-0.4, -0.2) is 76.0 Å². The van der Waals surface area contributed by atoms with Crippen LogP contribution in [0.15, 0.2) is 30.3 Å². The van der Waals surface area contributed by atoms with Crippen LogP contribution < -0.4 is 16.0 Å². The number of hydrogen-bond donors (Lipinski definition) is 4. The van der Waals surface area contributed by atoms with E-state index >= 15 is 0 Å². The molecule has 2 fully saturated rings. The van der Waals surface area contributed by atoms with Gasteiger partial charge in [0.15, 0.2) is 5.82 Å². The molecule has 190 valence electrons. The number of piperazine rings is 1. The monoisotopic (exact) mass is 493 g/mol. The van der Waals surface area contributed by atoms with E-state index in [0.717, 1.165) is 5.56 Å². The van der Waals surface area contributed by atoms with Gasteiger partial charge in [0, 0.05) is 50.3 Å². The van der Waals surface area contributed by atoms with Crippen LogP contribution in [-0.2, 0) is 9.59 Å². The van der Waals surface area contributed by atoms with Gasteiger partial charge in [-0.1, -0.05) is 24.3 Å². The average Bonchev–Trinajstić information content (AvgIpc) is 2.88. The maximum Gasteiger partial charge on any atom is 0.306 e. The Hall–Kier alpha value is -4.02. The van der Waals surface area contributed by atoms with Crippen molar-refractivity contribution in [1.82, 2.24) is 20.4 Å². The number of carbonyl (C=O) groups excluding carboxylic acids is 2. The molecule has 1 aliphatic heterocycles. The number of carboxylic acid groups (broad SMARTS) is 1. The summed E-state index contributed by atoms with van der Waals surface area (Å²) in [5.74, 6) is -0.998. The number of hydrogen-bond acceptors (Lipinski definition) is 7. The van der Waals surface area contributed by atoms with Crippen molar-refractivity contribution >= 4 is 29.4 Å². The number of aromatic nitrogens is 2. The highest BCUT2D eigenvalue weighted by molar-refractivity contribution is 6.00. The third kappa shape index (κ3) is 5.61. The molecular weight excluding hydrogens is 462 g/mol. The maximum absolute atomic E-state index is 13.5. The molecule has 5 N–H and O–H groups in total. The number of nitrogen functional groups attached to an aromatic ring is 1. The third-order valence-corrected chi connectivity index (χ3v) is 6.95. The summed E-state index contributed by atoms with van der Waals surface area (Å²) in [5, 5.41) is 28.7. The highest BCUT2D eigenvalue weighted by Crippen LogP contribution is 2.27. The lowest BCUT2D eigenvalue weighted by atomic mass is 9.86. The van der Waals surface area contributed by atoms with Gasteiger partial charge in [-0.2, -0.15) is 0 Å². The van der Waals surface area contributed by atoms with Crippen LogP contribution in [0.2, 0.25) is 0 Å². The van der Waals surface area contributed by atoms with Crippen molar-refractivity contribution in [2.24, 2.45) is 11.7 Å². The van der Waals surface area contributed by atoms with Gasteiger partial charge >= 0.3 is 5.97 Å². The molecule has 0 unspecified atom stereocenters. The molecule has 1 aliphatic carbocycles. The number of amides is 2. The number of carbonyl (C=O) groups is 3. The number of carboxylic acids is 1. The Labute approximate surface area is 209 Å². The average molecular weight is 494 g/mol. The van der Waals surface area contributed by atoms with Crippen molar-refractivity contribution < 1.29 is 19.5 Å². The van der Waals surface area contributed by atoms with Crippen LogP contribution in [0.25, 0.3) is 11.3 Å². The summed E-state index contributed by atoms with van der Waals surface area (Å²) >= 11 is 0. The molecule has 1 aromatic carbocycles. The largest absolute Gasteiger partial charge is 0.481 e. The van der Waals surface area contributed by atoms with Crippen LogP contribution >= 0.6 is 0 Å². The number of anilines is 1. The minimum Gasteiger partial charge on any atom is -0.481 e. The number of nitrogens with one attached hydrogen (secondary N) is 2. The predicted molar refractivity (Wildman–Crippen MR) is 134 cm³/mol. The lowest BCUT2D eigenvalue weighted by molar-refractivity contribution is -0.142. The first-order chi connectivity index (χ1) is 17.2. The molecular formula is C25H31N7O4.